The first-order valence-electron chi connectivity index (χ1n) is 8.00. The molecule has 0 aliphatic rings. The van der Waals surface area contributed by atoms with Crippen LogP contribution in [0.3, 0.4) is 0 Å². The molecule has 3 rings (SSSR count). The summed E-state index contributed by atoms with van der Waals surface area (Å²) in [6.45, 7) is 0. The second-order valence-corrected chi connectivity index (χ2v) is 6.38. The average Bonchev–Trinajstić information content (AvgIpc) is 3.04. The zero-order valence-electron chi connectivity index (χ0n) is 13.1. The highest BCUT2D eigenvalue weighted by atomic mass is 32.1. The molecule has 0 spiro atoms. The van der Waals surface area contributed by atoms with Crippen LogP contribution in [-0.4, -0.2) is 14.8 Å². The van der Waals surface area contributed by atoms with E-state index in [0.29, 0.717) is 0 Å². The molecule has 0 saturated heterocycles. The van der Waals surface area contributed by atoms with Gasteiger partial charge in [0.25, 0.3) is 0 Å². The fourth-order valence-corrected chi connectivity index (χ4v) is 3.12. The predicted molar refractivity (Wildman–Crippen MR) is 101 cm³/mol. The van der Waals surface area contributed by atoms with Crippen LogP contribution in [0.15, 0.2) is 48.8 Å². The first kappa shape index (κ1) is 15.7. The standard InChI is InChI=1S/C19H21N3S/c20-18-7-2-1-4-15(18)5-3-6-16(23)9-8-14-10-12-21-19-17(14)11-13-22-19/h1-2,4,7,10-13H,3,5-6,8-9,20H2,(H,21,22). The number of H-pyrrole nitrogens is 1. The number of nitrogens with two attached hydrogens (primary N) is 1. The van der Waals surface area contributed by atoms with Gasteiger partial charge in [-0.05, 0) is 66.3 Å². The Balaban J connectivity index is 1.48. The van der Waals surface area contributed by atoms with Gasteiger partial charge in [0, 0.05) is 23.5 Å². The molecule has 118 valence electrons. The minimum atomic E-state index is 0.880. The Kier molecular flexibility index (Phi) is 5.03. The van der Waals surface area contributed by atoms with Crippen molar-refractivity contribution in [3.63, 3.8) is 0 Å². The number of para-hydroxylation sites is 1. The van der Waals surface area contributed by atoms with Crippen molar-refractivity contribution in [1.82, 2.24) is 9.97 Å². The summed E-state index contributed by atoms with van der Waals surface area (Å²) in [5.41, 5.74) is 10.3. The number of hydrogen-bond donors (Lipinski definition) is 2. The number of thiocarbonyl (C=S) groups is 1. The maximum Gasteiger partial charge on any atom is 0.137 e. The van der Waals surface area contributed by atoms with Gasteiger partial charge in [0.15, 0.2) is 0 Å². The van der Waals surface area contributed by atoms with Crippen LogP contribution >= 0.6 is 12.2 Å². The van der Waals surface area contributed by atoms with E-state index in [0.717, 1.165) is 48.3 Å². The fourth-order valence-electron chi connectivity index (χ4n) is 2.87. The van der Waals surface area contributed by atoms with Crippen molar-refractivity contribution >= 4 is 33.8 Å². The van der Waals surface area contributed by atoms with Crippen LogP contribution in [0.1, 0.15) is 30.4 Å². The van der Waals surface area contributed by atoms with Crippen LogP contribution < -0.4 is 5.73 Å². The number of fused-ring (bicyclic) bond motifs is 1. The molecule has 0 fully saturated rings. The molecule has 0 bridgehead atoms. The second-order valence-electron chi connectivity index (χ2n) is 5.80. The van der Waals surface area contributed by atoms with E-state index in [9.17, 15) is 0 Å². The Labute approximate surface area is 141 Å². The molecular weight excluding hydrogens is 302 g/mol. The highest BCUT2D eigenvalue weighted by molar-refractivity contribution is 7.80. The Morgan fingerprint density at radius 2 is 1.91 bits per heavy atom. The highest BCUT2D eigenvalue weighted by Gasteiger charge is 2.05. The van der Waals surface area contributed by atoms with Crippen molar-refractivity contribution in [2.75, 3.05) is 5.73 Å². The summed E-state index contributed by atoms with van der Waals surface area (Å²) in [6.07, 6.45) is 8.74. The molecule has 23 heavy (non-hydrogen) atoms. The first-order valence-corrected chi connectivity index (χ1v) is 8.41. The lowest BCUT2D eigenvalue weighted by Gasteiger charge is -2.07. The van der Waals surface area contributed by atoms with Gasteiger partial charge >= 0.3 is 0 Å². The molecule has 3 nitrogen and oxygen atoms in total. The largest absolute Gasteiger partial charge is 0.399 e. The van der Waals surface area contributed by atoms with Gasteiger partial charge in [0.2, 0.25) is 0 Å². The van der Waals surface area contributed by atoms with Crippen LogP contribution in [0.4, 0.5) is 5.69 Å². The van der Waals surface area contributed by atoms with Gasteiger partial charge in [0.05, 0.1) is 0 Å². The monoisotopic (exact) mass is 323 g/mol. The lowest BCUT2D eigenvalue weighted by atomic mass is 10.0. The van der Waals surface area contributed by atoms with Gasteiger partial charge in [-0.15, -0.1) is 0 Å². The van der Waals surface area contributed by atoms with Crippen molar-refractivity contribution in [3.05, 3.63) is 59.9 Å². The van der Waals surface area contributed by atoms with Crippen molar-refractivity contribution < 1.29 is 0 Å². The van der Waals surface area contributed by atoms with Crippen LogP contribution in [0.2, 0.25) is 0 Å². The van der Waals surface area contributed by atoms with E-state index >= 15 is 0 Å². The third kappa shape index (κ3) is 3.96. The third-order valence-electron chi connectivity index (χ3n) is 4.18. The number of nitrogens with one attached hydrogen (secondary N) is 1. The van der Waals surface area contributed by atoms with Crippen molar-refractivity contribution in [2.24, 2.45) is 0 Å². The summed E-state index contributed by atoms with van der Waals surface area (Å²) < 4.78 is 0. The lowest BCUT2D eigenvalue weighted by molar-refractivity contribution is 0.857. The van der Waals surface area contributed by atoms with Crippen LogP contribution in [0, 0.1) is 0 Å². The molecular formula is C19H21N3S. The van der Waals surface area contributed by atoms with Gasteiger partial charge < -0.3 is 10.7 Å². The van der Waals surface area contributed by atoms with Gasteiger partial charge in [-0.25, -0.2) is 4.98 Å². The first-order chi connectivity index (χ1) is 11.2. The summed E-state index contributed by atoms with van der Waals surface area (Å²) >= 11 is 5.55. The van der Waals surface area contributed by atoms with E-state index in [1.54, 1.807) is 0 Å². The number of aromatic nitrogens is 2. The number of nitrogen functional groups attached to an aromatic ring is 1. The average molecular weight is 323 g/mol. The van der Waals surface area contributed by atoms with E-state index < -0.39 is 0 Å². The van der Waals surface area contributed by atoms with Crippen molar-refractivity contribution in [1.29, 1.82) is 0 Å². The minimum Gasteiger partial charge on any atom is -0.399 e. The summed E-state index contributed by atoms with van der Waals surface area (Å²) in [4.78, 5) is 8.61. The number of benzene rings is 1. The van der Waals surface area contributed by atoms with Gasteiger partial charge in [-0.3, -0.25) is 0 Å². The van der Waals surface area contributed by atoms with Gasteiger partial charge in [-0.2, -0.15) is 0 Å². The quantitative estimate of drug-likeness (QED) is 0.498. The number of aryl methyl sites for hydroxylation is 2. The maximum atomic E-state index is 5.97. The molecule has 3 N–H and O–H groups in total. The molecule has 0 radical (unpaired) electrons. The lowest BCUT2D eigenvalue weighted by Crippen LogP contribution is -2.00. The molecule has 0 atom stereocenters. The van der Waals surface area contributed by atoms with E-state index in [2.05, 4.69) is 28.2 Å². The summed E-state index contributed by atoms with van der Waals surface area (Å²) in [5.74, 6) is 0. The SMILES string of the molecule is Nc1ccccc1CCCC(=S)CCc1ccnc2[nH]ccc12. The van der Waals surface area contributed by atoms with Crippen LogP contribution in [0.5, 0.6) is 0 Å². The number of nitrogens with zero attached hydrogens (tertiary/aromatic N) is 1. The molecule has 2 aromatic heterocycles. The topological polar surface area (TPSA) is 54.7 Å². The summed E-state index contributed by atoms with van der Waals surface area (Å²) in [5, 5.41) is 1.20. The van der Waals surface area contributed by atoms with E-state index in [1.165, 1.54) is 16.5 Å². The molecule has 0 aliphatic carbocycles. The Morgan fingerprint density at radius 1 is 1.04 bits per heavy atom. The van der Waals surface area contributed by atoms with E-state index in [-0.39, 0.29) is 0 Å². The number of hydrogen-bond acceptors (Lipinski definition) is 3. The van der Waals surface area contributed by atoms with Crippen LogP contribution in [0.25, 0.3) is 11.0 Å². The second kappa shape index (κ2) is 7.38. The highest BCUT2D eigenvalue weighted by Crippen LogP contribution is 2.18. The van der Waals surface area contributed by atoms with E-state index in [1.807, 2.05) is 30.6 Å². The van der Waals surface area contributed by atoms with Crippen molar-refractivity contribution in [2.45, 2.75) is 32.1 Å². The smallest absolute Gasteiger partial charge is 0.137 e. The summed E-state index contributed by atoms with van der Waals surface area (Å²) in [7, 11) is 0. The molecule has 3 aromatic rings. The third-order valence-corrected chi connectivity index (χ3v) is 4.59. The molecule has 0 saturated carbocycles. The Hall–Kier alpha value is -2.20. The fraction of sp³-hybridized carbons (Fsp3) is 0.263. The molecule has 1 aromatic carbocycles. The summed E-state index contributed by atoms with van der Waals surface area (Å²) in [6, 6.07) is 12.2. The van der Waals surface area contributed by atoms with Gasteiger partial charge in [-0.1, -0.05) is 30.4 Å². The van der Waals surface area contributed by atoms with Gasteiger partial charge in [0.1, 0.15) is 5.65 Å². The molecule has 0 unspecified atom stereocenters. The predicted octanol–water partition coefficient (Wildman–Crippen LogP) is 4.47. The zero-order chi connectivity index (χ0) is 16.1. The molecule has 2 heterocycles. The molecule has 0 amide bonds. The Morgan fingerprint density at radius 3 is 2.78 bits per heavy atom. The Bertz CT molecular complexity index is 807. The number of rotatable bonds is 7. The van der Waals surface area contributed by atoms with Crippen molar-refractivity contribution in [3.8, 4) is 0 Å². The number of pyridine rings is 1. The number of aromatic amines is 1. The normalized spacial score (nSPS) is 11.0. The minimum absolute atomic E-state index is 0.880. The zero-order valence-corrected chi connectivity index (χ0v) is 13.9. The van der Waals surface area contributed by atoms with Crippen LogP contribution in [-0.2, 0) is 12.8 Å². The van der Waals surface area contributed by atoms with E-state index in [4.69, 9.17) is 18.0 Å². The molecule has 0 aliphatic heterocycles. The number of anilines is 1. The molecule has 4 heteroatoms. The maximum absolute atomic E-state index is 5.97.